The SMILES string of the molecule is CCOC1=C(OCCO)C(Nc2ccc(C#N)cc2)=C(F)[CH]C1. The average molecular weight is 317 g/mol. The molecular formula is C17H18FN2O3. The normalized spacial score (nSPS) is 14.5. The molecule has 121 valence electrons. The molecule has 2 N–H and O–H groups in total. The van der Waals surface area contributed by atoms with Crippen LogP contribution in [0.1, 0.15) is 18.9 Å². The highest BCUT2D eigenvalue weighted by Gasteiger charge is 2.25. The van der Waals surface area contributed by atoms with Gasteiger partial charge < -0.3 is 19.9 Å². The number of rotatable bonds is 7. The Morgan fingerprint density at radius 1 is 1.30 bits per heavy atom. The second-order valence-corrected chi connectivity index (χ2v) is 4.70. The van der Waals surface area contributed by atoms with E-state index in [1.54, 1.807) is 24.3 Å². The highest BCUT2D eigenvalue weighted by Crippen LogP contribution is 2.32. The van der Waals surface area contributed by atoms with Crippen molar-refractivity contribution < 1.29 is 19.0 Å². The van der Waals surface area contributed by atoms with Crippen molar-refractivity contribution in [3.05, 3.63) is 59.3 Å². The lowest BCUT2D eigenvalue weighted by Crippen LogP contribution is -2.17. The van der Waals surface area contributed by atoms with Crippen LogP contribution in [0, 0.1) is 17.8 Å². The van der Waals surface area contributed by atoms with E-state index in [9.17, 15) is 4.39 Å². The number of hydrogen-bond donors (Lipinski definition) is 2. The smallest absolute Gasteiger partial charge is 0.183 e. The van der Waals surface area contributed by atoms with E-state index < -0.39 is 5.83 Å². The van der Waals surface area contributed by atoms with Crippen molar-refractivity contribution in [1.82, 2.24) is 0 Å². The lowest BCUT2D eigenvalue weighted by atomic mass is 10.1. The molecule has 1 aliphatic rings. The first kappa shape index (κ1) is 16.8. The van der Waals surface area contributed by atoms with Gasteiger partial charge in [-0.1, -0.05) is 0 Å². The average Bonchev–Trinajstić information content (AvgIpc) is 2.58. The molecule has 0 aromatic heterocycles. The third-order valence-corrected chi connectivity index (χ3v) is 3.13. The predicted octanol–water partition coefficient (Wildman–Crippen LogP) is 3.02. The van der Waals surface area contributed by atoms with Crippen molar-refractivity contribution in [1.29, 1.82) is 5.26 Å². The molecule has 1 aromatic rings. The van der Waals surface area contributed by atoms with Crippen LogP contribution in [-0.4, -0.2) is 24.9 Å². The molecule has 2 rings (SSSR count). The highest BCUT2D eigenvalue weighted by atomic mass is 19.1. The van der Waals surface area contributed by atoms with Gasteiger partial charge in [0, 0.05) is 18.5 Å². The molecular weight excluding hydrogens is 299 g/mol. The monoisotopic (exact) mass is 317 g/mol. The largest absolute Gasteiger partial charge is 0.494 e. The zero-order chi connectivity index (χ0) is 16.7. The molecule has 23 heavy (non-hydrogen) atoms. The summed E-state index contributed by atoms with van der Waals surface area (Å²) in [5.41, 5.74) is 1.28. The zero-order valence-corrected chi connectivity index (χ0v) is 12.8. The van der Waals surface area contributed by atoms with Gasteiger partial charge in [0.05, 0.1) is 24.8 Å². The molecule has 6 heteroatoms. The summed E-state index contributed by atoms with van der Waals surface area (Å²) in [5, 5.41) is 20.7. The van der Waals surface area contributed by atoms with Gasteiger partial charge in [-0.3, -0.25) is 0 Å². The number of anilines is 1. The molecule has 0 amide bonds. The number of nitrogens with zero attached hydrogens (tertiary/aromatic N) is 1. The summed E-state index contributed by atoms with van der Waals surface area (Å²) in [6, 6.07) is 8.65. The summed E-state index contributed by atoms with van der Waals surface area (Å²) in [5.74, 6) is 0.314. The Hall–Kier alpha value is -2.52. The first-order chi connectivity index (χ1) is 11.2. The maximum Gasteiger partial charge on any atom is 0.183 e. The van der Waals surface area contributed by atoms with E-state index in [2.05, 4.69) is 5.32 Å². The van der Waals surface area contributed by atoms with E-state index in [0.717, 1.165) is 0 Å². The van der Waals surface area contributed by atoms with Gasteiger partial charge in [-0.2, -0.15) is 5.26 Å². The van der Waals surface area contributed by atoms with Gasteiger partial charge in [0.25, 0.3) is 0 Å². The summed E-state index contributed by atoms with van der Waals surface area (Å²) in [4.78, 5) is 0. The van der Waals surface area contributed by atoms with Crippen molar-refractivity contribution in [2.24, 2.45) is 0 Å². The zero-order valence-electron chi connectivity index (χ0n) is 12.8. The fraction of sp³-hybridized carbons (Fsp3) is 0.294. The van der Waals surface area contributed by atoms with Crippen LogP contribution in [0.5, 0.6) is 0 Å². The number of nitriles is 1. The minimum absolute atomic E-state index is 0.0394. The maximum atomic E-state index is 14.2. The molecule has 1 radical (unpaired) electrons. The minimum Gasteiger partial charge on any atom is -0.494 e. The van der Waals surface area contributed by atoms with E-state index in [0.29, 0.717) is 30.0 Å². The Morgan fingerprint density at radius 2 is 2.04 bits per heavy atom. The van der Waals surface area contributed by atoms with Gasteiger partial charge in [-0.25, -0.2) is 4.39 Å². The fourth-order valence-electron chi connectivity index (χ4n) is 2.11. The molecule has 0 bridgehead atoms. The predicted molar refractivity (Wildman–Crippen MR) is 83.5 cm³/mol. The van der Waals surface area contributed by atoms with Gasteiger partial charge >= 0.3 is 0 Å². The van der Waals surface area contributed by atoms with Gasteiger partial charge in [0.1, 0.15) is 23.9 Å². The molecule has 0 spiro atoms. The van der Waals surface area contributed by atoms with E-state index >= 15 is 0 Å². The minimum atomic E-state index is -0.453. The van der Waals surface area contributed by atoms with E-state index in [4.69, 9.17) is 19.8 Å². The molecule has 5 nitrogen and oxygen atoms in total. The number of nitrogens with one attached hydrogen (secondary N) is 1. The third kappa shape index (κ3) is 4.24. The Morgan fingerprint density at radius 3 is 2.65 bits per heavy atom. The molecule has 0 aliphatic heterocycles. The van der Waals surface area contributed by atoms with Crippen molar-refractivity contribution in [3.8, 4) is 6.07 Å². The van der Waals surface area contributed by atoms with Gasteiger partial charge in [0.2, 0.25) is 0 Å². The molecule has 0 atom stereocenters. The first-order valence-electron chi connectivity index (χ1n) is 7.29. The van der Waals surface area contributed by atoms with Crippen LogP contribution >= 0.6 is 0 Å². The third-order valence-electron chi connectivity index (χ3n) is 3.13. The topological polar surface area (TPSA) is 74.5 Å². The summed E-state index contributed by atoms with van der Waals surface area (Å²) in [7, 11) is 0. The first-order valence-corrected chi connectivity index (χ1v) is 7.29. The van der Waals surface area contributed by atoms with Gasteiger partial charge in [-0.05, 0) is 31.2 Å². The Labute approximate surface area is 134 Å². The van der Waals surface area contributed by atoms with E-state index in [-0.39, 0.29) is 24.7 Å². The van der Waals surface area contributed by atoms with E-state index in [1.165, 1.54) is 6.42 Å². The van der Waals surface area contributed by atoms with Crippen molar-refractivity contribution in [2.45, 2.75) is 13.3 Å². The number of benzene rings is 1. The Bertz CT molecular complexity index is 641. The molecule has 0 fully saturated rings. The van der Waals surface area contributed by atoms with Crippen LogP contribution in [0.25, 0.3) is 0 Å². The summed E-state index contributed by atoms with van der Waals surface area (Å²) in [6.45, 7) is 2.12. The number of aliphatic hydroxyl groups excluding tert-OH is 1. The second kappa shape index (κ2) is 8.20. The lowest BCUT2D eigenvalue weighted by Gasteiger charge is -2.23. The molecule has 1 aromatic carbocycles. The lowest BCUT2D eigenvalue weighted by molar-refractivity contribution is 0.123. The summed E-state index contributed by atoms with van der Waals surface area (Å²) >= 11 is 0. The van der Waals surface area contributed by atoms with Crippen LogP contribution in [0.3, 0.4) is 0 Å². The van der Waals surface area contributed by atoms with Crippen LogP contribution in [0.15, 0.2) is 47.3 Å². The Balaban J connectivity index is 2.28. The van der Waals surface area contributed by atoms with Crippen molar-refractivity contribution in [2.75, 3.05) is 25.1 Å². The molecule has 0 saturated heterocycles. The van der Waals surface area contributed by atoms with Crippen molar-refractivity contribution >= 4 is 5.69 Å². The number of aliphatic hydroxyl groups is 1. The van der Waals surface area contributed by atoms with Gasteiger partial charge in [0.15, 0.2) is 5.76 Å². The molecule has 0 heterocycles. The number of ether oxygens (including phenoxy) is 2. The summed E-state index contributed by atoms with van der Waals surface area (Å²) < 4.78 is 25.2. The van der Waals surface area contributed by atoms with E-state index in [1.807, 2.05) is 13.0 Å². The summed E-state index contributed by atoms with van der Waals surface area (Å²) in [6.07, 6.45) is 1.70. The number of hydrogen-bond acceptors (Lipinski definition) is 5. The van der Waals surface area contributed by atoms with Crippen LogP contribution < -0.4 is 5.32 Å². The number of halogens is 1. The van der Waals surface area contributed by atoms with Crippen LogP contribution in [0.2, 0.25) is 0 Å². The highest BCUT2D eigenvalue weighted by molar-refractivity contribution is 5.57. The van der Waals surface area contributed by atoms with Crippen molar-refractivity contribution in [3.63, 3.8) is 0 Å². The Kier molecular flexibility index (Phi) is 6.01. The number of allylic oxidation sites excluding steroid dienone is 2. The van der Waals surface area contributed by atoms with Crippen LogP contribution in [-0.2, 0) is 9.47 Å². The molecule has 0 unspecified atom stereocenters. The van der Waals surface area contributed by atoms with Gasteiger partial charge in [-0.15, -0.1) is 0 Å². The quantitative estimate of drug-likeness (QED) is 0.808. The standard InChI is InChI=1S/C17H18FN2O3/c1-2-22-15-8-7-14(18)16(17(15)23-10-9-21)20-13-5-3-12(11-19)4-6-13/h3-7,20-21H,2,8-10H2,1H3. The second-order valence-electron chi connectivity index (χ2n) is 4.70. The fourth-order valence-corrected chi connectivity index (χ4v) is 2.11. The van der Waals surface area contributed by atoms with Crippen LogP contribution in [0.4, 0.5) is 10.1 Å². The maximum absolute atomic E-state index is 14.2. The molecule has 1 aliphatic carbocycles. The molecule has 0 saturated carbocycles.